The molecule has 0 aliphatic heterocycles. The molecule has 0 bridgehead atoms. The van der Waals surface area contributed by atoms with Gasteiger partial charge >= 0.3 is 23.9 Å². The Hall–Kier alpha value is -2.56. The average Bonchev–Trinajstić information content (AvgIpc) is 3.03. The van der Waals surface area contributed by atoms with E-state index in [1.165, 1.54) is 0 Å². The first kappa shape index (κ1) is 43.4. The van der Waals surface area contributed by atoms with Gasteiger partial charge in [-0.05, 0) is 46.1 Å². The third kappa shape index (κ3) is 27.7. The Labute approximate surface area is 268 Å². The van der Waals surface area contributed by atoms with Crippen LogP contribution in [-0.2, 0) is 57.7 Å². The largest absolute Gasteiger partial charge is 0.463 e. The third-order valence-corrected chi connectivity index (χ3v) is 6.31. The summed E-state index contributed by atoms with van der Waals surface area (Å²) in [6, 6.07) is 0. The van der Waals surface area contributed by atoms with Crippen LogP contribution in [0.3, 0.4) is 0 Å². The van der Waals surface area contributed by atoms with Crippen LogP contribution in [0.15, 0.2) is 0 Å². The fourth-order valence-electron chi connectivity index (χ4n) is 3.97. The second kappa shape index (κ2) is 31.1. The van der Waals surface area contributed by atoms with E-state index in [0.29, 0.717) is 52.4 Å². The van der Waals surface area contributed by atoms with Crippen LogP contribution in [-0.4, -0.2) is 172 Å². The van der Waals surface area contributed by atoms with E-state index in [4.69, 9.17) is 40.0 Å². The molecule has 19 heteroatoms. The summed E-state index contributed by atoms with van der Waals surface area (Å²) in [7, 11) is 1.96. The SMILES string of the molecule is CN(CCCN(CCC(=O)OCCOO)CCC(=O)OCCOO)CCCN(CCC(=O)OCCOO)CCC(=O)OCCOO. The van der Waals surface area contributed by atoms with Gasteiger partial charge in [-0.25, -0.2) is 19.6 Å². The van der Waals surface area contributed by atoms with E-state index in [0.717, 1.165) is 12.8 Å². The molecule has 0 aliphatic rings. The smallest absolute Gasteiger partial charge is 0.307 e. The molecule has 0 saturated carbocycles. The van der Waals surface area contributed by atoms with Gasteiger partial charge in [-0.1, -0.05) is 0 Å². The quantitative estimate of drug-likeness (QED) is 0.0242. The molecular weight excluding hydrogens is 622 g/mol. The number of carbonyl (C=O) groups excluding carboxylic acids is 4. The first-order valence-corrected chi connectivity index (χ1v) is 15.1. The molecule has 0 fully saturated rings. The minimum absolute atomic E-state index is 0.0783. The van der Waals surface area contributed by atoms with Crippen molar-refractivity contribution in [3.8, 4) is 0 Å². The van der Waals surface area contributed by atoms with E-state index in [1.54, 1.807) is 0 Å². The number of ether oxygens (including phenoxy) is 4. The van der Waals surface area contributed by atoms with Crippen LogP contribution in [0, 0.1) is 0 Å². The van der Waals surface area contributed by atoms with Crippen LogP contribution in [0.25, 0.3) is 0 Å². The minimum Gasteiger partial charge on any atom is -0.463 e. The first-order chi connectivity index (χ1) is 22.2. The van der Waals surface area contributed by atoms with E-state index in [2.05, 4.69) is 24.5 Å². The maximum Gasteiger partial charge on any atom is 0.307 e. The maximum absolute atomic E-state index is 12.0. The van der Waals surface area contributed by atoms with Gasteiger partial charge in [0.25, 0.3) is 0 Å². The number of nitrogens with zero attached hydrogens (tertiary/aromatic N) is 3. The topological polar surface area (TPSA) is 233 Å². The molecule has 0 spiro atoms. The third-order valence-electron chi connectivity index (χ3n) is 6.31. The van der Waals surface area contributed by atoms with Gasteiger partial charge in [0.1, 0.15) is 52.9 Å². The van der Waals surface area contributed by atoms with Gasteiger partial charge < -0.3 is 33.6 Å². The van der Waals surface area contributed by atoms with Gasteiger partial charge in [0.2, 0.25) is 0 Å². The van der Waals surface area contributed by atoms with Gasteiger partial charge in [-0.3, -0.25) is 40.2 Å². The standard InChI is InChI=1S/C27H51N3O16/c1-28(8-2-10-29(12-4-24(31)39-16-20-43-35)13-5-25(32)40-17-21-44-36)9-3-11-30(14-6-26(33)41-18-22-45-37)15-7-27(34)42-19-23-46-38/h35-38H,2-23H2,1H3. The molecule has 0 atom stereocenters. The van der Waals surface area contributed by atoms with Crippen molar-refractivity contribution in [3.63, 3.8) is 0 Å². The lowest BCUT2D eigenvalue weighted by atomic mass is 10.2. The van der Waals surface area contributed by atoms with Gasteiger partial charge in [0, 0.05) is 26.2 Å². The molecule has 0 amide bonds. The molecule has 0 unspecified atom stereocenters. The Balaban J connectivity index is 4.75. The highest BCUT2D eigenvalue weighted by Crippen LogP contribution is 2.04. The van der Waals surface area contributed by atoms with Crippen molar-refractivity contribution in [1.82, 2.24) is 14.7 Å². The molecule has 4 N–H and O–H groups in total. The summed E-state index contributed by atoms with van der Waals surface area (Å²) in [5.74, 6) is -1.87. The molecule has 270 valence electrons. The Morgan fingerprint density at radius 1 is 0.413 bits per heavy atom. The Morgan fingerprint density at radius 2 is 0.674 bits per heavy atom. The van der Waals surface area contributed by atoms with Crippen LogP contribution < -0.4 is 0 Å². The summed E-state index contributed by atoms with van der Waals surface area (Å²) in [6.07, 6.45) is 1.78. The van der Waals surface area contributed by atoms with Gasteiger partial charge in [0.15, 0.2) is 0 Å². The second-order valence-electron chi connectivity index (χ2n) is 9.91. The number of hydrogen-bond acceptors (Lipinski definition) is 19. The zero-order valence-electron chi connectivity index (χ0n) is 26.6. The summed E-state index contributed by atoms with van der Waals surface area (Å²) in [6.45, 7) is 3.12. The molecule has 0 aromatic heterocycles. The van der Waals surface area contributed by atoms with Crippen LogP contribution in [0.2, 0.25) is 0 Å². The highest BCUT2D eigenvalue weighted by atomic mass is 17.1. The molecule has 19 nitrogen and oxygen atoms in total. The fourth-order valence-corrected chi connectivity index (χ4v) is 3.97. The molecule has 0 aliphatic carbocycles. The van der Waals surface area contributed by atoms with E-state index < -0.39 is 23.9 Å². The van der Waals surface area contributed by atoms with Crippen molar-refractivity contribution in [1.29, 1.82) is 0 Å². The van der Waals surface area contributed by atoms with Crippen LogP contribution >= 0.6 is 0 Å². The summed E-state index contributed by atoms with van der Waals surface area (Å²) >= 11 is 0. The first-order valence-electron chi connectivity index (χ1n) is 15.1. The highest BCUT2D eigenvalue weighted by Gasteiger charge is 2.15. The average molecular weight is 674 g/mol. The van der Waals surface area contributed by atoms with E-state index in [-0.39, 0.29) is 78.5 Å². The predicted molar refractivity (Wildman–Crippen MR) is 156 cm³/mol. The van der Waals surface area contributed by atoms with Crippen molar-refractivity contribution in [2.45, 2.75) is 38.5 Å². The van der Waals surface area contributed by atoms with Crippen LogP contribution in [0.1, 0.15) is 38.5 Å². The molecule has 0 saturated heterocycles. The van der Waals surface area contributed by atoms with Gasteiger partial charge in [0.05, 0.1) is 25.7 Å². The molecule has 0 aromatic rings. The number of rotatable bonds is 32. The molecule has 0 radical (unpaired) electrons. The zero-order valence-corrected chi connectivity index (χ0v) is 26.6. The van der Waals surface area contributed by atoms with Crippen molar-refractivity contribution < 1.29 is 78.7 Å². The molecule has 46 heavy (non-hydrogen) atoms. The van der Waals surface area contributed by atoms with Crippen LogP contribution in [0.4, 0.5) is 0 Å². The summed E-state index contributed by atoms with van der Waals surface area (Å²) < 4.78 is 19.9. The van der Waals surface area contributed by atoms with Crippen molar-refractivity contribution in [3.05, 3.63) is 0 Å². The monoisotopic (exact) mass is 673 g/mol. The van der Waals surface area contributed by atoms with E-state index >= 15 is 0 Å². The molecule has 0 rings (SSSR count). The Bertz CT molecular complexity index is 680. The maximum atomic E-state index is 12.0. The summed E-state index contributed by atoms with van der Waals surface area (Å²) in [5, 5.41) is 33.4. The van der Waals surface area contributed by atoms with Crippen LogP contribution in [0.5, 0.6) is 0 Å². The van der Waals surface area contributed by atoms with Crippen molar-refractivity contribution >= 4 is 23.9 Å². The fraction of sp³-hybridized carbons (Fsp3) is 0.852. The van der Waals surface area contributed by atoms with Crippen molar-refractivity contribution in [2.75, 3.05) is 112 Å². The normalized spacial score (nSPS) is 11.3. The van der Waals surface area contributed by atoms with E-state index in [1.807, 2.05) is 16.8 Å². The number of hydrogen-bond donors (Lipinski definition) is 4. The van der Waals surface area contributed by atoms with Gasteiger partial charge in [-0.15, -0.1) is 0 Å². The van der Waals surface area contributed by atoms with Crippen molar-refractivity contribution in [2.24, 2.45) is 0 Å². The van der Waals surface area contributed by atoms with E-state index in [9.17, 15) is 19.2 Å². The Morgan fingerprint density at radius 3 is 0.913 bits per heavy atom. The van der Waals surface area contributed by atoms with Gasteiger partial charge in [-0.2, -0.15) is 0 Å². The lowest BCUT2D eigenvalue weighted by Gasteiger charge is -2.25. The molecule has 0 aromatic carbocycles. The summed E-state index contributed by atoms with van der Waals surface area (Å²) in [4.78, 5) is 69.4. The number of esters is 4. The lowest BCUT2D eigenvalue weighted by molar-refractivity contribution is -0.248. The zero-order chi connectivity index (χ0) is 34.3. The predicted octanol–water partition coefficient (Wildman–Crippen LogP) is -0.00600. The number of carbonyl (C=O) groups is 4. The summed E-state index contributed by atoms with van der Waals surface area (Å²) in [5.41, 5.74) is 0. The molecule has 0 heterocycles. The molecular formula is C27H51N3O16. The lowest BCUT2D eigenvalue weighted by Crippen LogP contribution is -2.34. The second-order valence-corrected chi connectivity index (χ2v) is 9.91. The minimum atomic E-state index is -0.466. The Kier molecular flexibility index (Phi) is 29.3. The highest BCUT2D eigenvalue weighted by molar-refractivity contribution is 5.71.